The maximum absolute atomic E-state index is 11.7. The fraction of sp³-hybridized carbons (Fsp3) is 0.364. The minimum Gasteiger partial charge on any atom is -0.326 e. The van der Waals surface area contributed by atoms with Gasteiger partial charge in [0, 0.05) is 32.7 Å². The molecule has 2 rings (SSSR count). The second-order valence-corrected chi connectivity index (χ2v) is 4.58. The Morgan fingerprint density at radius 2 is 2.17 bits per heavy atom. The lowest BCUT2D eigenvalue weighted by atomic mass is 10.2. The molecule has 1 fully saturated rings. The van der Waals surface area contributed by atoms with Crippen molar-refractivity contribution < 1.29 is 9.72 Å². The first-order valence-corrected chi connectivity index (χ1v) is 5.79. The molecule has 1 aromatic rings. The lowest BCUT2D eigenvalue weighted by Gasteiger charge is -2.15. The zero-order chi connectivity index (χ0) is 13.3. The number of nitro groups is 1. The predicted octanol–water partition coefficient (Wildman–Crippen LogP) is 2.12. The number of likely N-dealkylation sites (N-methyl/N-ethyl adjacent to an activating group) is 1. The highest BCUT2D eigenvalue weighted by Crippen LogP contribution is 2.26. The molecule has 0 radical (unpaired) electrons. The van der Waals surface area contributed by atoms with Crippen molar-refractivity contribution in [1.29, 1.82) is 0 Å². The molecule has 0 aromatic heterocycles. The third kappa shape index (κ3) is 2.38. The van der Waals surface area contributed by atoms with Crippen LogP contribution in [0.4, 0.5) is 10.5 Å². The fourth-order valence-electron chi connectivity index (χ4n) is 1.87. The summed E-state index contributed by atoms with van der Waals surface area (Å²) in [4.78, 5) is 25.2. The van der Waals surface area contributed by atoms with E-state index >= 15 is 0 Å². The number of nitro benzene ring substituents is 1. The summed E-state index contributed by atoms with van der Waals surface area (Å²) in [6.45, 7) is 1.67. The zero-order valence-electron chi connectivity index (χ0n) is 9.80. The van der Waals surface area contributed by atoms with Crippen LogP contribution >= 0.6 is 11.6 Å². The summed E-state index contributed by atoms with van der Waals surface area (Å²) < 4.78 is 0. The minimum absolute atomic E-state index is 0.0624. The molecule has 6 nitrogen and oxygen atoms in total. The lowest BCUT2D eigenvalue weighted by Crippen LogP contribution is -2.28. The minimum atomic E-state index is -0.524. The standard InChI is InChI=1S/C11H12ClN3O3/c1-13-4-5-14(11(13)16)7-8-2-3-9(12)10(6-8)15(17)18/h2-3,6H,4-5,7H2,1H3. The quantitative estimate of drug-likeness (QED) is 0.623. The number of halogens is 1. The Morgan fingerprint density at radius 3 is 2.72 bits per heavy atom. The van der Waals surface area contributed by atoms with Crippen LogP contribution < -0.4 is 0 Å². The second-order valence-electron chi connectivity index (χ2n) is 4.17. The molecular weight excluding hydrogens is 258 g/mol. The van der Waals surface area contributed by atoms with Crippen molar-refractivity contribution in [1.82, 2.24) is 9.80 Å². The number of nitrogens with zero attached hydrogens (tertiary/aromatic N) is 3. The van der Waals surface area contributed by atoms with E-state index in [4.69, 9.17) is 11.6 Å². The van der Waals surface area contributed by atoms with Crippen LogP contribution in [0.3, 0.4) is 0 Å². The number of amides is 2. The van der Waals surface area contributed by atoms with Crippen LogP contribution in [0, 0.1) is 10.1 Å². The van der Waals surface area contributed by atoms with Crippen molar-refractivity contribution in [3.05, 3.63) is 38.9 Å². The summed E-state index contributed by atoms with van der Waals surface area (Å²) in [7, 11) is 1.73. The Balaban J connectivity index is 2.18. The maximum Gasteiger partial charge on any atom is 0.320 e. The van der Waals surface area contributed by atoms with Gasteiger partial charge in [0.05, 0.1) is 4.92 Å². The van der Waals surface area contributed by atoms with Gasteiger partial charge in [-0.15, -0.1) is 0 Å². The summed E-state index contributed by atoms with van der Waals surface area (Å²) in [6.07, 6.45) is 0. The second kappa shape index (κ2) is 4.81. The average Bonchev–Trinajstić information content (AvgIpc) is 2.63. The van der Waals surface area contributed by atoms with Gasteiger partial charge in [-0.3, -0.25) is 10.1 Å². The molecule has 0 N–H and O–H groups in total. The van der Waals surface area contributed by atoms with E-state index < -0.39 is 4.92 Å². The number of hydrogen-bond acceptors (Lipinski definition) is 3. The summed E-state index contributed by atoms with van der Waals surface area (Å²) in [5.41, 5.74) is 0.573. The van der Waals surface area contributed by atoms with Crippen molar-refractivity contribution in [2.24, 2.45) is 0 Å². The molecule has 1 saturated heterocycles. The van der Waals surface area contributed by atoms with E-state index in [1.165, 1.54) is 12.1 Å². The Morgan fingerprint density at radius 1 is 1.44 bits per heavy atom. The van der Waals surface area contributed by atoms with E-state index in [0.717, 1.165) is 0 Å². The van der Waals surface area contributed by atoms with Crippen LogP contribution in [-0.2, 0) is 6.54 Å². The molecule has 1 aliphatic heterocycles. The molecule has 0 atom stereocenters. The molecule has 0 spiro atoms. The monoisotopic (exact) mass is 269 g/mol. The Labute approximate surface area is 109 Å². The summed E-state index contributed by atoms with van der Waals surface area (Å²) in [6, 6.07) is 4.53. The third-order valence-electron chi connectivity index (χ3n) is 2.88. The first kappa shape index (κ1) is 12.6. The first-order chi connectivity index (χ1) is 8.49. The van der Waals surface area contributed by atoms with Gasteiger partial charge in [-0.05, 0) is 11.6 Å². The number of urea groups is 1. The van der Waals surface area contributed by atoms with Crippen molar-refractivity contribution in [2.45, 2.75) is 6.54 Å². The van der Waals surface area contributed by atoms with Crippen LogP contribution in [0.5, 0.6) is 0 Å². The Kier molecular flexibility index (Phi) is 3.38. The Hall–Kier alpha value is -1.82. The fourth-order valence-corrected chi connectivity index (χ4v) is 2.05. The number of carbonyl (C=O) groups excluding carboxylic acids is 1. The van der Waals surface area contributed by atoms with Crippen LogP contribution in [0.2, 0.25) is 5.02 Å². The smallest absolute Gasteiger partial charge is 0.320 e. The topological polar surface area (TPSA) is 66.7 Å². The SMILES string of the molecule is CN1CCN(Cc2ccc(Cl)c([N+](=O)[O-])c2)C1=O. The van der Waals surface area contributed by atoms with Gasteiger partial charge in [-0.1, -0.05) is 17.7 Å². The highest BCUT2D eigenvalue weighted by Gasteiger charge is 2.25. The van der Waals surface area contributed by atoms with Gasteiger partial charge in [0.1, 0.15) is 5.02 Å². The van der Waals surface area contributed by atoms with E-state index in [1.54, 1.807) is 22.9 Å². The number of benzene rings is 1. The van der Waals surface area contributed by atoms with E-state index in [0.29, 0.717) is 25.2 Å². The van der Waals surface area contributed by atoms with Gasteiger partial charge in [-0.25, -0.2) is 4.79 Å². The number of carbonyl (C=O) groups is 1. The summed E-state index contributed by atoms with van der Waals surface area (Å²) in [5, 5.41) is 10.9. The molecule has 0 aliphatic carbocycles. The largest absolute Gasteiger partial charge is 0.326 e. The normalized spacial score (nSPS) is 15.3. The molecule has 7 heteroatoms. The van der Waals surface area contributed by atoms with E-state index in [9.17, 15) is 14.9 Å². The van der Waals surface area contributed by atoms with E-state index in [-0.39, 0.29) is 16.7 Å². The third-order valence-corrected chi connectivity index (χ3v) is 3.20. The van der Waals surface area contributed by atoms with Crippen molar-refractivity contribution >= 4 is 23.3 Å². The summed E-state index contributed by atoms with van der Waals surface area (Å²) in [5.74, 6) is 0. The molecule has 96 valence electrons. The number of rotatable bonds is 3. The van der Waals surface area contributed by atoms with Gasteiger partial charge in [0.15, 0.2) is 0 Å². The van der Waals surface area contributed by atoms with Gasteiger partial charge >= 0.3 is 6.03 Å². The molecule has 0 unspecified atom stereocenters. The van der Waals surface area contributed by atoms with Gasteiger partial charge in [0.25, 0.3) is 5.69 Å². The molecule has 0 saturated carbocycles. The average molecular weight is 270 g/mol. The Bertz CT molecular complexity index is 506. The molecule has 0 bridgehead atoms. The first-order valence-electron chi connectivity index (χ1n) is 5.42. The van der Waals surface area contributed by atoms with Gasteiger partial charge < -0.3 is 9.80 Å². The summed E-state index contributed by atoms with van der Waals surface area (Å²) >= 11 is 5.73. The van der Waals surface area contributed by atoms with Crippen LogP contribution in [0.1, 0.15) is 5.56 Å². The zero-order valence-corrected chi connectivity index (χ0v) is 10.6. The predicted molar refractivity (Wildman–Crippen MR) is 66.5 cm³/mol. The van der Waals surface area contributed by atoms with Crippen molar-refractivity contribution in [3.8, 4) is 0 Å². The van der Waals surface area contributed by atoms with Crippen LogP contribution in [-0.4, -0.2) is 40.9 Å². The number of hydrogen-bond donors (Lipinski definition) is 0. The molecule has 1 heterocycles. The van der Waals surface area contributed by atoms with Crippen LogP contribution in [0.25, 0.3) is 0 Å². The highest BCUT2D eigenvalue weighted by molar-refractivity contribution is 6.32. The van der Waals surface area contributed by atoms with E-state index in [2.05, 4.69) is 0 Å². The molecular formula is C11H12ClN3O3. The molecule has 2 amide bonds. The maximum atomic E-state index is 11.7. The highest BCUT2D eigenvalue weighted by atomic mass is 35.5. The lowest BCUT2D eigenvalue weighted by molar-refractivity contribution is -0.384. The van der Waals surface area contributed by atoms with Crippen molar-refractivity contribution in [2.75, 3.05) is 20.1 Å². The molecule has 1 aromatic carbocycles. The van der Waals surface area contributed by atoms with Crippen molar-refractivity contribution in [3.63, 3.8) is 0 Å². The van der Waals surface area contributed by atoms with Gasteiger partial charge in [0.2, 0.25) is 0 Å². The van der Waals surface area contributed by atoms with Crippen LogP contribution in [0.15, 0.2) is 18.2 Å². The molecule has 1 aliphatic rings. The van der Waals surface area contributed by atoms with E-state index in [1.807, 2.05) is 0 Å². The molecule has 18 heavy (non-hydrogen) atoms. The van der Waals surface area contributed by atoms with Gasteiger partial charge in [-0.2, -0.15) is 0 Å².